The van der Waals surface area contributed by atoms with Crippen molar-refractivity contribution in [1.82, 2.24) is 0 Å². The van der Waals surface area contributed by atoms with E-state index in [-0.39, 0.29) is 13.2 Å². The fourth-order valence-corrected chi connectivity index (χ4v) is 3.84. The maximum atomic E-state index is 11.8. The van der Waals surface area contributed by atoms with Crippen LogP contribution in [0, 0.1) is 5.92 Å². The van der Waals surface area contributed by atoms with E-state index in [1.54, 1.807) is 6.92 Å². The third-order valence-corrected chi connectivity index (χ3v) is 5.21. The van der Waals surface area contributed by atoms with Gasteiger partial charge in [-0.2, -0.15) is 0 Å². The Morgan fingerprint density at radius 1 is 0.857 bits per heavy atom. The van der Waals surface area contributed by atoms with Crippen LogP contribution in [0.4, 0.5) is 0 Å². The van der Waals surface area contributed by atoms with Crippen LogP contribution < -0.4 is 0 Å². The van der Waals surface area contributed by atoms with Gasteiger partial charge >= 0.3 is 23.9 Å². The van der Waals surface area contributed by atoms with Crippen LogP contribution in [0.3, 0.4) is 0 Å². The zero-order chi connectivity index (χ0) is 26.3. The van der Waals surface area contributed by atoms with E-state index in [2.05, 4.69) is 10.0 Å². The average molecular weight is 503 g/mol. The summed E-state index contributed by atoms with van der Waals surface area (Å²) < 4.78 is 38.1. The Hall–Kier alpha value is -2.97. The van der Waals surface area contributed by atoms with Crippen LogP contribution in [0.1, 0.15) is 34.6 Å². The molecule has 35 heavy (non-hydrogen) atoms. The third-order valence-electron chi connectivity index (χ3n) is 5.21. The van der Waals surface area contributed by atoms with Gasteiger partial charge in [-0.25, -0.2) is 0 Å². The summed E-state index contributed by atoms with van der Waals surface area (Å²) >= 11 is 0. The van der Waals surface area contributed by atoms with Gasteiger partial charge in [-0.15, -0.1) is 0 Å². The molecule has 2 heterocycles. The lowest BCUT2D eigenvalue weighted by Crippen LogP contribution is -2.59. The zero-order valence-corrected chi connectivity index (χ0v) is 19.9. The number of aliphatic hydroxyl groups is 1. The molecule has 0 aromatic carbocycles. The zero-order valence-electron chi connectivity index (χ0n) is 19.9. The SMILES string of the molecule is CC(=O)OC[C@H]1O[C@@H](O)[C@H](OC(C)=O)[C@@H]1O[C@H]1O[C@@H](CN=[N+]=[N-])[C@@H](OC(C)=O)[C@H](OC(C)=O)[C@H]1C. The van der Waals surface area contributed by atoms with Crippen molar-refractivity contribution in [2.75, 3.05) is 13.2 Å². The molecule has 196 valence electrons. The average Bonchev–Trinajstić information content (AvgIpc) is 3.03. The highest BCUT2D eigenvalue weighted by atomic mass is 16.7. The van der Waals surface area contributed by atoms with E-state index < -0.39 is 79.0 Å². The molecular formula is C20H29N3O12. The van der Waals surface area contributed by atoms with Crippen LogP contribution >= 0.6 is 0 Å². The van der Waals surface area contributed by atoms with Gasteiger partial charge in [0.1, 0.15) is 31.0 Å². The largest absolute Gasteiger partial charge is 0.463 e. The molecule has 0 unspecified atom stereocenters. The van der Waals surface area contributed by atoms with Crippen LogP contribution in [0.2, 0.25) is 0 Å². The first kappa shape index (κ1) is 28.3. The van der Waals surface area contributed by atoms with E-state index in [1.165, 1.54) is 13.8 Å². The number of esters is 4. The second-order valence-corrected chi connectivity index (χ2v) is 8.01. The molecule has 15 nitrogen and oxygen atoms in total. The second kappa shape index (κ2) is 12.7. The Balaban J connectivity index is 2.37. The van der Waals surface area contributed by atoms with Gasteiger partial charge in [0.05, 0.1) is 6.54 Å². The van der Waals surface area contributed by atoms with Gasteiger partial charge in [0.15, 0.2) is 24.8 Å². The number of carbonyl (C=O) groups excluding carboxylic acids is 4. The van der Waals surface area contributed by atoms with Gasteiger partial charge in [0, 0.05) is 38.5 Å². The fourth-order valence-electron chi connectivity index (χ4n) is 3.84. The highest BCUT2D eigenvalue weighted by Gasteiger charge is 2.53. The van der Waals surface area contributed by atoms with E-state index in [1.807, 2.05) is 0 Å². The Morgan fingerprint density at radius 3 is 1.97 bits per heavy atom. The first-order valence-electron chi connectivity index (χ1n) is 10.7. The Kier molecular flexibility index (Phi) is 10.2. The van der Waals surface area contributed by atoms with Gasteiger partial charge in [-0.05, 0) is 5.53 Å². The molecule has 0 aromatic rings. The van der Waals surface area contributed by atoms with E-state index in [9.17, 15) is 24.3 Å². The second-order valence-electron chi connectivity index (χ2n) is 8.01. The number of azide groups is 1. The smallest absolute Gasteiger partial charge is 0.303 e. The number of nitrogens with zero attached hydrogens (tertiary/aromatic N) is 3. The lowest BCUT2D eigenvalue weighted by Gasteiger charge is -2.44. The molecule has 1 N–H and O–H groups in total. The van der Waals surface area contributed by atoms with Gasteiger partial charge in [-0.3, -0.25) is 19.2 Å². The minimum absolute atomic E-state index is 0.299. The molecule has 0 aromatic heterocycles. The number of hydrogen-bond acceptors (Lipinski definition) is 13. The van der Waals surface area contributed by atoms with Crippen LogP contribution in [0.25, 0.3) is 10.4 Å². The summed E-state index contributed by atoms with van der Waals surface area (Å²) in [5.74, 6) is -3.47. The topological polar surface area (TPSA) is 202 Å². The molecule has 2 fully saturated rings. The fraction of sp³-hybridized carbons (Fsp3) is 0.800. The van der Waals surface area contributed by atoms with Crippen molar-refractivity contribution in [3.05, 3.63) is 10.4 Å². The van der Waals surface area contributed by atoms with Crippen molar-refractivity contribution in [3.8, 4) is 0 Å². The summed E-state index contributed by atoms with van der Waals surface area (Å²) in [5.41, 5.74) is 8.75. The summed E-state index contributed by atoms with van der Waals surface area (Å²) in [6.45, 7) is 5.58. The molecule has 0 radical (unpaired) electrons. The number of aliphatic hydroxyl groups excluding tert-OH is 1. The molecule has 15 heteroatoms. The minimum Gasteiger partial charge on any atom is -0.463 e. The minimum atomic E-state index is -1.60. The van der Waals surface area contributed by atoms with Crippen LogP contribution in [-0.2, 0) is 52.3 Å². The van der Waals surface area contributed by atoms with E-state index in [0.717, 1.165) is 13.8 Å². The van der Waals surface area contributed by atoms with Crippen molar-refractivity contribution in [2.24, 2.45) is 11.0 Å². The van der Waals surface area contributed by atoms with Gasteiger partial charge in [0.25, 0.3) is 0 Å². The molecule has 9 atom stereocenters. The molecular weight excluding hydrogens is 474 g/mol. The highest BCUT2D eigenvalue weighted by Crippen LogP contribution is 2.35. The maximum absolute atomic E-state index is 11.8. The van der Waals surface area contributed by atoms with E-state index in [4.69, 9.17) is 38.7 Å². The Labute approximate surface area is 200 Å². The van der Waals surface area contributed by atoms with Crippen molar-refractivity contribution >= 4 is 23.9 Å². The Morgan fingerprint density at radius 2 is 1.43 bits per heavy atom. The molecule has 0 amide bonds. The number of ether oxygens (including phenoxy) is 7. The summed E-state index contributed by atoms with van der Waals surface area (Å²) in [6.07, 6.45) is -9.61. The van der Waals surface area contributed by atoms with Crippen molar-refractivity contribution in [3.63, 3.8) is 0 Å². The highest BCUT2D eigenvalue weighted by molar-refractivity contribution is 5.67. The monoisotopic (exact) mass is 503 g/mol. The van der Waals surface area contributed by atoms with E-state index >= 15 is 0 Å². The number of carbonyl (C=O) groups is 4. The molecule has 0 aliphatic carbocycles. The molecule has 2 aliphatic rings. The van der Waals surface area contributed by atoms with Gasteiger partial charge in [0.2, 0.25) is 0 Å². The molecule has 0 saturated carbocycles. The predicted molar refractivity (Wildman–Crippen MR) is 111 cm³/mol. The van der Waals surface area contributed by atoms with Crippen molar-refractivity contribution in [1.29, 1.82) is 0 Å². The summed E-state index contributed by atoms with van der Waals surface area (Å²) in [4.78, 5) is 49.0. The normalized spacial score (nSPS) is 34.3. The van der Waals surface area contributed by atoms with Crippen molar-refractivity contribution < 1.29 is 57.4 Å². The van der Waals surface area contributed by atoms with E-state index in [0.29, 0.717) is 0 Å². The quantitative estimate of drug-likeness (QED) is 0.147. The number of hydrogen-bond donors (Lipinski definition) is 1. The molecule has 2 rings (SSSR count). The Bertz CT molecular complexity index is 847. The third kappa shape index (κ3) is 7.77. The predicted octanol–water partition coefficient (Wildman–Crippen LogP) is 0.118. The van der Waals surface area contributed by atoms with Crippen LogP contribution in [0.15, 0.2) is 5.11 Å². The molecule has 2 saturated heterocycles. The first-order chi connectivity index (χ1) is 16.4. The molecule has 0 spiro atoms. The lowest BCUT2D eigenvalue weighted by atomic mass is 9.91. The van der Waals surface area contributed by atoms with Gasteiger partial charge < -0.3 is 38.3 Å². The van der Waals surface area contributed by atoms with Crippen molar-refractivity contribution in [2.45, 2.75) is 83.8 Å². The molecule has 0 bridgehead atoms. The standard InChI is InChI=1S/C20H29N3O12/c1-8-15(30-10(3)25)16(31-11(4)26)13(6-22-23-21)34-20(8)35-17-14(7-29-9(2)24)33-19(28)18(17)32-12(5)27/h8,13-20,28H,6-7H2,1-5H3/t8-,13+,14-,15-,16-,17-,18-,19-,20-/m1/s1. The lowest BCUT2D eigenvalue weighted by molar-refractivity contribution is -0.300. The van der Waals surface area contributed by atoms with Gasteiger partial charge in [-0.1, -0.05) is 12.0 Å². The van der Waals surface area contributed by atoms with Crippen LogP contribution in [0.5, 0.6) is 0 Å². The summed E-state index contributed by atoms with van der Waals surface area (Å²) in [5, 5.41) is 13.7. The molecule has 2 aliphatic heterocycles. The summed E-state index contributed by atoms with van der Waals surface area (Å²) in [7, 11) is 0. The summed E-state index contributed by atoms with van der Waals surface area (Å²) in [6, 6.07) is 0. The number of rotatable bonds is 9. The van der Waals surface area contributed by atoms with Crippen LogP contribution in [-0.4, -0.2) is 91.3 Å². The first-order valence-corrected chi connectivity index (χ1v) is 10.7. The maximum Gasteiger partial charge on any atom is 0.303 e.